The van der Waals surface area contributed by atoms with E-state index in [0.717, 1.165) is 51.2 Å². The molecule has 1 saturated heterocycles. The lowest BCUT2D eigenvalue weighted by Gasteiger charge is -2.40. The third-order valence-electron chi connectivity index (χ3n) is 5.20. The fraction of sp³-hybridized carbons (Fsp3) is 0.941. The first-order valence-corrected chi connectivity index (χ1v) is 8.93. The molecule has 0 spiro atoms. The molecule has 4 nitrogen and oxygen atoms in total. The van der Waals surface area contributed by atoms with Crippen LogP contribution in [-0.4, -0.2) is 47.2 Å². The lowest BCUT2D eigenvalue weighted by molar-refractivity contribution is -0.140. The maximum atomic E-state index is 11.3. The first-order chi connectivity index (χ1) is 10.2. The van der Waals surface area contributed by atoms with Crippen molar-refractivity contribution in [3.8, 4) is 0 Å². The molecule has 0 unspecified atom stereocenters. The number of carboxylic acids is 1. The van der Waals surface area contributed by atoms with Crippen molar-refractivity contribution >= 4 is 5.97 Å². The Bertz CT molecular complexity index is 308. The van der Waals surface area contributed by atoms with E-state index in [1.807, 2.05) is 0 Å². The lowest BCUT2D eigenvalue weighted by atomic mass is 9.92. The first kappa shape index (κ1) is 16.8. The fourth-order valence-corrected chi connectivity index (χ4v) is 3.85. The number of aliphatic carboxylic acids is 1. The quantitative estimate of drug-likeness (QED) is 0.758. The van der Waals surface area contributed by atoms with Crippen LogP contribution in [0.5, 0.6) is 0 Å². The topological polar surface area (TPSA) is 52.6 Å². The number of nitrogens with one attached hydrogen (secondary N) is 1. The van der Waals surface area contributed by atoms with Crippen LogP contribution in [0.1, 0.15) is 71.1 Å². The smallest absolute Gasteiger partial charge is 0.320 e. The van der Waals surface area contributed by atoms with Crippen molar-refractivity contribution in [3.05, 3.63) is 0 Å². The highest BCUT2D eigenvalue weighted by molar-refractivity contribution is 5.73. The standard InChI is InChI=1S/C17H32N2O2/c1-2-3-9-16(17(20)21)18-14-10-12-19(13-11-14)15-7-5-4-6-8-15/h14-16,18H,2-13H2,1H3,(H,20,21)/t16-/m0/s1. The average Bonchev–Trinajstić information content (AvgIpc) is 2.52. The molecule has 122 valence electrons. The van der Waals surface area contributed by atoms with Gasteiger partial charge < -0.3 is 15.3 Å². The third kappa shape index (κ3) is 5.26. The highest BCUT2D eigenvalue weighted by Gasteiger charge is 2.28. The molecule has 1 heterocycles. The van der Waals surface area contributed by atoms with Gasteiger partial charge in [-0.3, -0.25) is 4.79 Å². The Balaban J connectivity index is 1.73. The summed E-state index contributed by atoms with van der Waals surface area (Å²) in [5.41, 5.74) is 0. The van der Waals surface area contributed by atoms with Crippen LogP contribution in [0, 0.1) is 0 Å². The van der Waals surface area contributed by atoms with E-state index in [1.54, 1.807) is 0 Å². The van der Waals surface area contributed by atoms with Crippen LogP contribution in [0.25, 0.3) is 0 Å². The summed E-state index contributed by atoms with van der Waals surface area (Å²) in [5.74, 6) is -0.682. The van der Waals surface area contributed by atoms with E-state index in [0.29, 0.717) is 6.04 Å². The minimum atomic E-state index is -0.682. The normalized spacial score (nSPS) is 24.0. The molecule has 0 aromatic heterocycles. The van der Waals surface area contributed by atoms with E-state index in [1.165, 1.54) is 32.1 Å². The number of likely N-dealkylation sites (tertiary alicyclic amines) is 1. The van der Waals surface area contributed by atoms with Crippen LogP contribution >= 0.6 is 0 Å². The molecule has 1 atom stereocenters. The molecule has 4 heteroatoms. The third-order valence-corrected chi connectivity index (χ3v) is 5.20. The van der Waals surface area contributed by atoms with Crippen molar-refractivity contribution < 1.29 is 9.90 Å². The zero-order valence-electron chi connectivity index (χ0n) is 13.5. The van der Waals surface area contributed by atoms with Crippen molar-refractivity contribution in [1.29, 1.82) is 0 Å². The molecule has 2 rings (SSSR count). The lowest BCUT2D eigenvalue weighted by Crippen LogP contribution is -2.51. The molecule has 0 aromatic rings. The Morgan fingerprint density at radius 2 is 1.86 bits per heavy atom. The van der Waals surface area contributed by atoms with Crippen molar-refractivity contribution in [1.82, 2.24) is 10.2 Å². The summed E-state index contributed by atoms with van der Waals surface area (Å²) in [4.78, 5) is 14.0. The maximum absolute atomic E-state index is 11.3. The number of hydrogen-bond donors (Lipinski definition) is 2. The van der Waals surface area contributed by atoms with Crippen LogP contribution in [0.15, 0.2) is 0 Å². The zero-order valence-corrected chi connectivity index (χ0v) is 13.5. The molecule has 0 radical (unpaired) electrons. The van der Waals surface area contributed by atoms with Crippen molar-refractivity contribution in [3.63, 3.8) is 0 Å². The number of piperidine rings is 1. The molecule has 1 aliphatic heterocycles. The van der Waals surface area contributed by atoms with Gasteiger partial charge in [-0.2, -0.15) is 0 Å². The summed E-state index contributed by atoms with van der Waals surface area (Å²) in [5, 5.41) is 12.7. The Kier molecular flexibility index (Phi) is 6.97. The fourth-order valence-electron chi connectivity index (χ4n) is 3.85. The number of rotatable bonds is 7. The molecular formula is C17H32N2O2. The highest BCUT2D eigenvalue weighted by atomic mass is 16.4. The Morgan fingerprint density at radius 3 is 2.43 bits per heavy atom. The van der Waals surface area contributed by atoms with Gasteiger partial charge in [0.1, 0.15) is 6.04 Å². The van der Waals surface area contributed by atoms with Gasteiger partial charge in [0, 0.05) is 12.1 Å². The Labute approximate surface area is 129 Å². The van der Waals surface area contributed by atoms with Crippen LogP contribution in [0.2, 0.25) is 0 Å². The van der Waals surface area contributed by atoms with Gasteiger partial charge in [0.2, 0.25) is 0 Å². The number of nitrogens with zero attached hydrogens (tertiary/aromatic N) is 1. The second-order valence-electron chi connectivity index (χ2n) is 6.80. The molecule has 0 aromatic carbocycles. The minimum Gasteiger partial charge on any atom is -0.480 e. The van der Waals surface area contributed by atoms with Gasteiger partial charge in [-0.1, -0.05) is 39.0 Å². The summed E-state index contributed by atoms with van der Waals surface area (Å²) in [7, 11) is 0. The van der Waals surface area contributed by atoms with Crippen LogP contribution in [0.3, 0.4) is 0 Å². The average molecular weight is 296 g/mol. The van der Waals surface area contributed by atoms with Gasteiger partial charge >= 0.3 is 5.97 Å². The van der Waals surface area contributed by atoms with Gasteiger partial charge in [-0.25, -0.2) is 0 Å². The second-order valence-corrected chi connectivity index (χ2v) is 6.80. The molecule has 2 fully saturated rings. The maximum Gasteiger partial charge on any atom is 0.320 e. The van der Waals surface area contributed by atoms with Crippen LogP contribution < -0.4 is 5.32 Å². The van der Waals surface area contributed by atoms with E-state index in [-0.39, 0.29) is 6.04 Å². The molecule has 2 N–H and O–H groups in total. The van der Waals surface area contributed by atoms with Crippen molar-refractivity contribution in [2.45, 2.75) is 89.3 Å². The molecule has 2 aliphatic rings. The number of unbranched alkanes of at least 4 members (excludes halogenated alkanes) is 1. The van der Waals surface area contributed by atoms with E-state index in [2.05, 4.69) is 17.1 Å². The molecule has 0 amide bonds. The predicted molar refractivity (Wildman–Crippen MR) is 85.6 cm³/mol. The summed E-state index contributed by atoms with van der Waals surface area (Å²) in [6.45, 7) is 4.40. The van der Waals surface area contributed by atoms with E-state index >= 15 is 0 Å². The van der Waals surface area contributed by atoms with Crippen molar-refractivity contribution in [2.75, 3.05) is 13.1 Å². The Hall–Kier alpha value is -0.610. The first-order valence-electron chi connectivity index (χ1n) is 8.93. The second kappa shape index (κ2) is 8.74. The van der Waals surface area contributed by atoms with Gasteiger partial charge in [-0.05, 0) is 45.2 Å². The van der Waals surface area contributed by atoms with Gasteiger partial charge in [0.25, 0.3) is 0 Å². The summed E-state index contributed by atoms with van der Waals surface area (Å²) in [6, 6.07) is 0.842. The van der Waals surface area contributed by atoms with Crippen LogP contribution in [-0.2, 0) is 4.79 Å². The molecule has 1 aliphatic carbocycles. The largest absolute Gasteiger partial charge is 0.480 e. The highest BCUT2D eigenvalue weighted by Crippen LogP contribution is 2.25. The number of carboxylic acid groups (broad SMARTS) is 1. The number of hydrogen-bond acceptors (Lipinski definition) is 3. The molecule has 21 heavy (non-hydrogen) atoms. The van der Waals surface area contributed by atoms with Gasteiger partial charge in [0.15, 0.2) is 0 Å². The van der Waals surface area contributed by atoms with Crippen molar-refractivity contribution in [2.24, 2.45) is 0 Å². The number of carbonyl (C=O) groups is 1. The zero-order chi connectivity index (χ0) is 15.1. The van der Waals surface area contributed by atoms with Crippen LogP contribution in [0.4, 0.5) is 0 Å². The van der Waals surface area contributed by atoms with E-state index in [9.17, 15) is 9.90 Å². The van der Waals surface area contributed by atoms with Gasteiger partial charge in [0.05, 0.1) is 0 Å². The summed E-state index contributed by atoms with van der Waals surface area (Å²) >= 11 is 0. The Morgan fingerprint density at radius 1 is 1.19 bits per heavy atom. The SMILES string of the molecule is CCCC[C@H](NC1CCN(C2CCCCC2)CC1)C(=O)O. The van der Waals surface area contributed by atoms with Gasteiger partial charge in [-0.15, -0.1) is 0 Å². The predicted octanol–water partition coefficient (Wildman–Crippen LogP) is 3.02. The summed E-state index contributed by atoms with van der Waals surface area (Å²) < 4.78 is 0. The monoisotopic (exact) mass is 296 g/mol. The minimum absolute atomic E-state index is 0.351. The van der Waals surface area contributed by atoms with E-state index in [4.69, 9.17) is 0 Å². The molecule has 1 saturated carbocycles. The molecule has 0 bridgehead atoms. The summed E-state index contributed by atoms with van der Waals surface area (Å²) in [6.07, 6.45) is 11.9. The molecular weight excluding hydrogens is 264 g/mol. The van der Waals surface area contributed by atoms with E-state index < -0.39 is 5.97 Å².